The van der Waals surface area contributed by atoms with Crippen LogP contribution in [0.15, 0.2) is 18.2 Å². The molecule has 1 unspecified atom stereocenters. The zero-order valence-electron chi connectivity index (χ0n) is 10.8. The second-order valence-corrected chi connectivity index (χ2v) is 5.66. The number of benzene rings is 1. The van der Waals surface area contributed by atoms with Crippen LogP contribution in [0.4, 0.5) is 5.69 Å². The van der Waals surface area contributed by atoms with Gasteiger partial charge >= 0.3 is 5.97 Å². The summed E-state index contributed by atoms with van der Waals surface area (Å²) in [5.41, 5.74) is 0.0769. The fourth-order valence-electron chi connectivity index (χ4n) is 1.99. The second kappa shape index (κ2) is 6.62. The van der Waals surface area contributed by atoms with Crippen molar-refractivity contribution in [3.05, 3.63) is 23.8 Å². The van der Waals surface area contributed by atoms with E-state index in [2.05, 4.69) is 10.6 Å². The lowest BCUT2D eigenvalue weighted by Gasteiger charge is -2.22. The zero-order valence-corrected chi connectivity index (χ0v) is 11.6. The highest BCUT2D eigenvalue weighted by Gasteiger charge is 2.18. The van der Waals surface area contributed by atoms with Gasteiger partial charge in [0.15, 0.2) is 0 Å². The molecule has 108 valence electrons. The van der Waals surface area contributed by atoms with Gasteiger partial charge in [0.05, 0.1) is 11.3 Å². The molecule has 1 aromatic rings. The van der Waals surface area contributed by atoms with Gasteiger partial charge in [-0.15, -0.1) is 0 Å². The predicted molar refractivity (Wildman–Crippen MR) is 77.4 cm³/mol. The van der Waals surface area contributed by atoms with E-state index in [-0.39, 0.29) is 28.9 Å². The van der Waals surface area contributed by atoms with Crippen LogP contribution in [0, 0.1) is 0 Å². The van der Waals surface area contributed by atoms with Gasteiger partial charge in [0.2, 0.25) is 5.91 Å². The average Bonchev–Trinajstić information content (AvgIpc) is 2.41. The molecule has 1 aromatic carbocycles. The minimum Gasteiger partial charge on any atom is -0.508 e. The lowest BCUT2D eigenvalue weighted by atomic mass is 10.1. The summed E-state index contributed by atoms with van der Waals surface area (Å²) in [6.45, 7) is 0.877. The maximum absolute atomic E-state index is 11.9. The average molecular weight is 296 g/mol. The fraction of sp³-hybridized carbons (Fsp3) is 0.385. The molecule has 2 rings (SSSR count). The van der Waals surface area contributed by atoms with Crippen molar-refractivity contribution in [2.45, 2.75) is 12.5 Å². The Kier molecular flexibility index (Phi) is 4.86. The predicted octanol–water partition coefficient (Wildman–Crippen LogP) is 1.12. The number of nitrogens with one attached hydrogen (secondary N) is 2. The lowest BCUT2D eigenvalue weighted by Crippen LogP contribution is -2.40. The van der Waals surface area contributed by atoms with E-state index in [0.717, 1.165) is 24.1 Å². The molecule has 1 heterocycles. The SMILES string of the molecule is O=C(CC1CSCCN1)Nc1ccc(O)cc1C(=O)O. The van der Waals surface area contributed by atoms with Gasteiger partial charge in [0.25, 0.3) is 0 Å². The van der Waals surface area contributed by atoms with Crippen LogP contribution in [-0.4, -0.2) is 46.2 Å². The summed E-state index contributed by atoms with van der Waals surface area (Å²) >= 11 is 1.79. The Hall–Kier alpha value is -1.73. The molecule has 6 nitrogen and oxygen atoms in total. The van der Waals surface area contributed by atoms with Gasteiger partial charge in [-0.3, -0.25) is 4.79 Å². The third-order valence-corrected chi connectivity index (χ3v) is 4.07. The molecule has 7 heteroatoms. The van der Waals surface area contributed by atoms with Crippen LogP contribution in [0.5, 0.6) is 5.75 Å². The molecule has 1 fully saturated rings. The van der Waals surface area contributed by atoms with E-state index in [4.69, 9.17) is 5.11 Å². The van der Waals surface area contributed by atoms with Crippen LogP contribution in [0.3, 0.4) is 0 Å². The molecule has 0 aliphatic carbocycles. The van der Waals surface area contributed by atoms with Crippen LogP contribution in [0.25, 0.3) is 0 Å². The summed E-state index contributed by atoms with van der Waals surface area (Å²) in [4.78, 5) is 23.0. The molecule has 20 heavy (non-hydrogen) atoms. The molecule has 1 aliphatic heterocycles. The maximum atomic E-state index is 11.9. The summed E-state index contributed by atoms with van der Waals surface area (Å²) in [5, 5.41) is 24.2. The maximum Gasteiger partial charge on any atom is 0.337 e. The highest BCUT2D eigenvalue weighted by Crippen LogP contribution is 2.22. The minimum absolute atomic E-state index is 0.110. The number of amides is 1. The van der Waals surface area contributed by atoms with E-state index < -0.39 is 5.97 Å². The Balaban J connectivity index is 2.01. The van der Waals surface area contributed by atoms with Crippen molar-refractivity contribution in [3.8, 4) is 5.75 Å². The molecule has 1 aliphatic rings. The topological polar surface area (TPSA) is 98.7 Å². The van der Waals surface area contributed by atoms with E-state index >= 15 is 0 Å². The summed E-state index contributed by atoms with van der Waals surface area (Å²) in [7, 11) is 0. The molecule has 1 saturated heterocycles. The van der Waals surface area contributed by atoms with Crippen molar-refractivity contribution in [1.29, 1.82) is 0 Å². The Morgan fingerprint density at radius 3 is 2.90 bits per heavy atom. The molecule has 0 saturated carbocycles. The van der Waals surface area contributed by atoms with Crippen molar-refractivity contribution in [3.63, 3.8) is 0 Å². The Morgan fingerprint density at radius 1 is 1.45 bits per heavy atom. The number of hydrogen-bond acceptors (Lipinski definition) is 5. The van der Waals surface area contributed by atoms with E-state index in [1.165, 1.54) is 12.1 Å². The molecular formula is C13H16N2O4S. The fourth-order valence-corrected chi connectivity index (χ4v) is 2.94. The summed E-state index contributed by atoms with van der Waals surface area (Å²) in [5.74, 6) is 0.333. The normalized spacial score (nSPS) is 18.5. The van der Waals surface area contributed by atoms with E-state index in [0.29, 0.717) is 6.42 Å². The molecule has 0 bridgehead atoms. The number of carboxylic acid groups (broad SMARTS) is 1. The van der Waals surface area contributed by atoms with Crippen molar-refractivity contribution < 1.29 is 19.8 Å². The van der Waals surface area contributed by atoms with Crippen LogP contribution in [0.2, 0.25) is 0 Å². The van der Waals surface area contributed by atoms with Crippen molar-refractivity contribution in [2.24, 2.45) is 0 Å². The number of carbonyl (C=O) groups is 2. The Morgan fingerprint density at radius 2 is 2.25 bits per heavy atom. The number of anilines is 1. The van der Waals surface area contributed by atoms with E-state index in [1.807, 2.05) is 0 Å². The first-order valence-corrected chi connectivity index (χ1v) is 7.39. The van der Waals surface area contributed by atoms with Gasteiger partial charge in [0, 0.05) is 30.5 Å². The second-order valence-electron chi connectivity index (χ2n) is 4.51. The largest absolute Gasteiger partial charge is 0.508 e. The number of aromatic carboxylic acids is 1. The summed E-state index contributed by atoms with van der Waals surface area (Å²) in [6, 6.07) is 3.96. The van der Waals surface area contributed by atoms with E-state index in [9.17, 15) is 14.7 Å². The van der Waals surface area contributed by atoms with Gasteiger partial charge in [-0.2, -0.15) is 11.8 Å². The first-order chi connectivity index (χ1) is 9.56. The van der Waals surface area contributed by atoms with Crippen LogP contribution >= 0.6 is 11.8 Å². The smallest absolute Gasteiger partial charge is 0.337 e. The highest BCUT2D eigenvalue weighted by molar-refractivity contribution is 7.99. The first kappa shape index (κ1) is 14.7. The van der Waals surface area contributed by atoms with Crippen molar-refractivity contribution >= 4 is 29.3 Å². The molecule has 4 N–H and O–H groups in total. The molecule has 1 amide bonds. The number of hydrogen-bond donors (Lipinski definition) is 4. The molecule has 1 atom stereocenters. The monoisotopic (exact) mass is 296 g/mol. The number of carboxylic acids is 1. The van der Waals surface area contributed by atoms with Crippen molar-refractivity contribution in [2.75, 3.05) is 23.4 Å². The minimum atomic E-state index is -1.19. The lowest BCUT2D eigenvalue weighted by molar-refractivity contribution is -0.116. The number of rotatable bonds is 4. The Labute approximate surface area is 120 Å². The highest BCUT2D eigenvalue weighted by atomic mass is 32.2. The summed E-state index contributed by atoms with van der Waals surface area (Å²) < 4.78 is 0. The van der Waals surface area contributed by atoms with Gasteiger partial charge < -0.3 is 20.8 Å². The van der Waals surface area contributed by atoms with Gasteiger partial charge in [-0.05, 0) is 18.2 Å². The molecule has 0 radical (unpaired) electrons. The quantitative estimate of drug-likeness (QED) is 0.622. The van der Waals surface area contributed by atoms with Crippen LogP contribution < -0.4 is 10.6 Å². The molecular weight excluding hydrogens is 280 g/mol. The first-order valence-electron chi connectivity index (χ1n) is 6.23. The number of phenolic OH excluding ortho intramolecular Hbond substituents is 1. The number of carbonyl (C=O) groups excluding carboxylic acids is 1. The van der Waals surface area contributed by atoms with Crippen molar-refractivity contribution in [1.82, 2.24) is 5.32 Å². The zero-order chi connectivity index (χ0) is 14.5. The third-order valence-electron chi connectivity index (χ3n) is 2.94. The summed E-state index contributed by atoms with van der Waals surface area (Å²) in [6.07, 6.45) is 0.299. The number of aromatic hydroxyl groups is 1. The van der Waals surface area contributed by atoms with Crippen LogP contribution in [0.1, 0.15) is 16.8 Å². The number of phenols is 1. The molecule has 0 aromatic heterocycles. The number of thioether (sulfide) groups is 1. The third kappa shape index (κ3) is 3.88. The molecule has 0 spiro atoms. The van der Waals surface area contributed by atoms with Gasteiger partial charge in [-0.25, -0.2) is 4.79 Å². The van der Waals surface area contributed by atoms with E-state index in [1.54, 1.807) is 11.8 Å². The van der Waals surface area contributed by atoms with Crippen LogP contribution in [-0.2, 0) is 4.79 Å². The standard InChI is InChI=1S/C13H16N2O4S/c16-9-1-2-11(10(6-9)13(18)19)15-12(17)5-8-7-20-4-3-14-8/h1-2,6,8,14,16H,3-5,7H2,(H,15,17)(H,18,19). The van der Waals surface area contributed by atoms with Gasteiger partial charge in [-0.1, -0.05) is 0 Å². The van der Waals surface area contributed by atoms with Gasteiger partial charge in [0.1, 0.15) is 5.75 Å². The Bertz CT molecular complexity index is 515.